The van der Waals surface area contributed by atoms with Crippen LogP contribution in [0.5, 0.6) is 0 Å². The molecule has 3 nitrogen and oxygen atoms in total. The molecule has 0 atom stereocenters. The first kappa shape index (κ1) is 11.1. The lowest BCUT2D eigenvalue weighted by Gasteiger charge is -2.18. The average molecular weight is 290 g/mol. The van der Waals surface area contributed by atoms with Crippen LogP contribution in [0, 0.1) is 0 Å². The highest BCUT2D eigenvalue weighted by molar-refractivity contribution is 9.10. The molecular formula is C10H12BrNO2S. The Bertz CT molecular complexity index is 362. The fraction of sp³-hybridized carbons (Fsp3) is 0.500. The Hall–Kier alpha value is -0.390. The minimum atomic E-state index is -0.738. The second kappa shape index (κ2) is 4.63. The summed E-state index contributed by atoms with van der Waals surface area (Å²) in [7, 11) is 0. The minimum absolute atomic E-state index is 0.153. The number of rotatable bonds is 5. The summed E-state index contributed by atoms with van der Waals surface area (Å²) in [6.45, 7) is 0.910. The van der Waals surface area contributed by atoms with Crippen molar-refractivity contribution in [1.29, 1.82) is 0 Å². The Balaban J connectivity index is 1.96. The standard InChI is InChI=1S/C10H12BrNO2S/c11-7-3-9(15-6-7)4-12(5-10(13)14)8-1-2-8/h3,6,8H,1-2,4-5H2,(H,13,14). The topological polar surface area (TPSA) is 40.5 Å². The highest BCUT2D eigenvalue weighted by atomic mass is 79.9. The van der Waals surface area contributed by atoms with Crippen LogP contribution in [0.2, 0.25) is 0 Å². The van der Waals surface area contributed by atoms with E-state index in [9.17, 15) is 4.79 Å². The second-order valence-electron chi connectivity index (χ2n) is 3.76. The van der Waals surface area contributed by atoms with Crippen LogP contribution in [-0.4, -0.2) is 28.6 Å². The van der Waals surface area contributed by atoms with Gasteiger partial charge in [0.05, 0.1) is 6.54 Å². The number of carbonyl (C=O) groups is 1. The number of thiophene rings is 1. The van der Waals surface area contributed by atoms with Crippen molar-refractivity contribution in [3.63, 3.8) is 0 Å². The van der Waals surface area contributed by atoms with E-state index < -0.39 is 5.97 Å². The number of aliphatic carboxylic acids is 1. The minimum Gasteiger partial charge on any atom is -0.480 e. The van der Waals surface area contributed by atoms with Crippen molar-refractivity contribution in [2.75, 3.05) is 6.54 Å². The van der Waals surface area contributed by atoms with Crippen LogP contribution in [0.3, 0.4) is 0 Å². The highest BCUT2D eigenvalue weighted by Crippen LogP contribution is 2.30. The molecule has 1 aromatic heterocycles. The van der Waals surface area contributed by atoms with Gasteiger partial charge in [0.1, 0.15) is 0 Å². The smallest absolute Gasteiger partial charge is 0.317 e. The maximum Gasteiger partial charge on any atom is 0.317 e. The van der Waals surface area contributed by atoms with Gasteiger partial charge in [-0.2, -0.15) is 0 Å². The molecule has 0 unspecified atom stereocenters. The van der Waals surface area contributed by atoms with Gasteiger partial charge in [0.2, 0.25) is 0 Å². The van der Waals surface area contributed by atoms with Gasteiger partial charge in [-0.15, -0.1) is 11.3 Å². The zero-order valence-corrected chi connectivity index (χ0v) is 10.6. The predicted octanol–water partition coefficient (Wildman–Crippen LogP) is 2.56. The average Bonchev–Trinajstić information content (AvgIpc) is 2.90. The molecule has 0 bridgehead atoms. The SMILES string of the molecule is O=C(O)CN(Cc1cc(Br)cs1)C1CC1. The Labute approximate surface area is 101 Å². The quantitative estimate of drug-likeness (QED) is 0.906. The van der Waals surface area contributed by atoms with Gasteiger partial charge < -0.3 is 5.11 Å². The summed E-state index contributed by atoms with van der Waals surface area (Å²) >= 11 is 5.07. The lowest BCUT2D eigenvalue weighted by Crippen LogP contribution is -2.30. The van der Waals surface area contributed by atoms with Crippen molar-refractivity contribution in [2.45, 2.75) is 25.4 Å². The van der Waals surface area contributed by atoms with Gasteiger partial charge in [-0.1, -0.05) is 0 Å². The van der Waals surface area contributed by atoms with Crippen LogP contribution >= 0.6 is 27.3 Å². The van der Waals surface area contributed by atoms with E-state index in [-0.39, 0.29) is 6.54 Å². The van der Waals surface area contributed by atoms with Gasteiger partial charge in [-0.05, 0) is 34.8 Å². The summed E-state index contributed by atoms with van der Waals surface area (Å²) in [4.78, 5) is 13.9. The summed E-state index contributed by atoms with van der Waals surface area (Å²) < 4.78 is 1.08. The third-order valence-corrected chi connectivity index (χ3v) is 4.06. The maximum atomic E-state index is 10.7. The monoisotopic (exact) mass is 289 g/mol. The largest absolute Gasteiger partial charge is 0.480 e. The zero-order valence-electron chi connectivity index (χ0n) is 8.15. The molecule has 1 aromatic rings. The molecule has 0 spiro atoms. The molecule has 1 heterocycles. The second-order valence-corrected chi connectivity index (χ2v) is 5.67. The highest BCUT2D eigenvalue weighted by Gasteiger charge is 2.30. The maximum absolute atomic E-state index is 10.7. The number of carboxylic acids is 1. The third kappa shape index (κ3) is 3.29. The molecule has 0 radical (unpaired) electrons. The van der Waals surface area contributed by atoms with Crippen molar-refractivity contribution >= 4 is 33.2 Å². The normalized spacial score (nSPS) is 15.9. The van der Waals surface area contributed by atoms with Gasteiger partial charge in [-0.25, -0.2) is 0 Å². The Morgan fingerprint density at radius 3 is 2.87 bits per heavy atom. The van der Waals surface area contributed by atoms with E-state index in [4.69, 9.17) is 5.11 Å². The van der Waals surface area contributed by atoms with E-state index in [0.717, 1.165) is 23.9 Å². The lowest BCUT2D eigenvalue weighted by atomic mass is 10.4. The van der Waals surface area contributed by atoms with Gasteiger partial charge in [0.25, 0.3) is 0 Å². The molecule has 1 aliphatic carbocycles. The van der Waals surface area contributed by atoms with E-state index in [1.54, 1.807) is 11.3 Å². The number of hydrogen-bond donors (Lipinski definition) is 1. The van der Waals surface area contributed by atoms with Gasteiger partial charge in [0.15, 0.2) is 0 Å². The van der Waals surface area contributed by atoms with E-state index in [1.807, 2.05) is 10.3 Å². The molecule has 5 heteroatoms. The molecule has 2 rings (SSSR count). The van der Waals surface area contributed by atoms with E-state index >= 15 is 0 Å². The lowest BCUT2D eigenvalue weighted by molar-refractivity contribution is -0.138. The number of hydrogen-bond acceptors (Lipinski definition) is 3. The first-order valence-electron chi connectivity index (χ1n) is 4.84. The molecule has 0 saturated heterocycles. The van der Waals surface area contributed by atoms with Crippen LogP contribution in [-0.2, 0) is 11.3 Å². The molecule has 15 heavy (non-hydrogen) atoms. The van der Waals surface area contributed by atoms with Crippen LogP contribution < -0.4 is 0 Å². The molecular weight excluding hydrogens is 278 g/mol. The first-order valence-corrected chi connectivity index (χ1v) is 6.51. The summed E-state index contributed by atoms with van der Waals surface area (Å²) in [5.41, 5.74) is 0. The molecule has 1 saturated carbocycles. The molecule has 0 amide bonds. The molecule has 0 aliphatic heterocycles. The van der Waals surface area contributed by atoms with E-state index in [1.165, 1.54) is 4.88 Å². The fourth-order valence-electron chi connectivity index (χ4n) is 1.56. The van der Waals surface area contributed by atoms with Gasteiger partial charge in [0, 0.05) is 27.3 Å². The van der Waals surface area contributed by atoms with E-state index in [0.29, 0.717) is 6.04 Å². The first-order chi connectivity index (χ1) is 7.15. The van der Waals surface area contributed by atoms with Crippen molar-refractivity contribution in [2.24, 2.45) is 0 Å². The predicted molar refractivity (Wildman–Crippen MR) is 63.1 cm³/mol. The van der Waals surface area contributed by atoms with Crippen molar-refractivity contribution in [3.8, 4) is 0 Å². The third-order valence-electron chi connectivity index (χ3n) is 2.38. The summed E-state index contributed by atoms with van der Waals surface area (Å²) in [5.74, 6) is -0.738. The molecule has 0 aromatic carbocycles. The van der Waals surface area contributed by atoms with Crippen LogP contribution in [0.1, 0.15) is 17.7 Å². The van der Waals surface area contributed by atoms with Crippen molar-refractivity contribution < 1.29 is 9.90 Å². The van der Waals surface area contributed by atoms with Crippen molar-refractivity contribution in [1.82, 2.24) is 4.90 Å². The van der Waals surface area contributed by atoms with Crippen LogP contribution in [0.4, 0.5) is 0 Å². The van der Waals surface area contributed by atoms with Crippen molar-refractivity contribution in [3.05, 3.63) is 20.8 Å². The Kier molecular flexibility index (Phi) is 3.43. The Morgan fingerprint density at radius 1 is 1.67 bits per heavy atom. The molecule has 1 N–H and O–H groups in total. The summed E-state index contributed by atoms with van der Waals surface area (Å²) in [5, 5.41) is 10.8. The van der Waals surface area contributed by atoms with Gasteiger partial charge in [-0.3, -0.25) is 9.69 Å². The number of halogens is 1. The molecule has 82 valence electrons. The van der Waals surface area contributed by atoms with Crippen LogP contribution in [0.25, 0.3) is 0 Å². The molecule has 1 fully saturated rings. The molecule has 1 aliphatic rings. The number of nitrogens with zero attached hydrogens (tertiary/aromatic N) is 1. The van der Waals surface area contributed by atoms with Crippen LogP contribution in [0.15, 0.2) is 15.9 Å². The van der Waals surface area contributed by atoms with E-state index in [2.05, 4.69) is 22.0 Å². The zero-order chi connectivity index (χ0) is 10.8. The summed E-state index contributed by atoms with van der Waals surface area (Å²) in [6, 6.07) is 2.55. The Morgan fingerprint density at radius 2 is 2.40 bits per heavy atom. The summed E-state index contributed by atoms with van der Waals surface area (Å²) in [6.07, 6.45) is 2.28. The number of carboxylic acid groups (broad SMARTS) is 1. The van der Waals surface area contributed by atoms with Gasteiger partial charge >= 0.3 is 5.97 Å². The fourth-order valence-corrected chi connectivity index (χ4v) is 3.04.